The number of carbonyl (C=O) groups excluding carboxylic acids is 2. The summed E-state index contributed by atoms with van der Waals surface area (Å²) >= 11 is 6.23. The summed E-state index contributed by atoms with van der Waals surface area (Å²) in [5.41, 5.74) is 0.211. The topological polar surface area (TPSA) is 73.9 Å². The molecule has 7 heteroatoms. The summed E-state index contributed by atoms with van der Waals surface area (Å²) < 4.78 is 16.4. The number of hydrogen-bond donors (Lipinski definition) is 1. The van der Waals surface area contributed by atoms with E-state index < -0.39 is 12.1 Å². The number of esters is 1. The van der Waals surface area contributed by atoms with E-state index in [0.29, 0.717) is 24.7 Å². The van der Waals surface area contributed by atoms with Crippen molar-refractivity contribution in [1.29, 1.82) is 0 Å². The van der Waals surface area contributed by atoms with E-state index in [1.807, 2.05) is 13.8 Å². The fourth-order valence-corrected chi connectivity index (χ4v) is 2.39. The molecule has 1 aliphatic carbocycles. The van der Waals surface area contributed by atoms with E-state index in [4.69, 9.17) is 25.8 Å². The third kappa shape index (κ3) is 5.53. The van der Waals surface area contributed by atoms with Gasteiger partial charge in [0.25, 0.3) is 5.91 Å². The molecule has 1 amide bonds. The predicted molar refractivity (Wildman–Crippen MR) is 94.4 cm³/mol. The van der Waals surface area contributed by atoms with Crippen LogP contribution in [0.15, 0.2) is 12.1 Å². The van der Waals surface area contributed by atoms with Crippen molar-refractivity contribution in [1.82, 2.24) is 5.32 Å². The quantitative estimate of drug-likeness (QED) is 0.676. The van der Waals surface area contributed by atoms with Crippen LogP contribution in [0.5, 0.6) is 11.5 Å². The van der Waals surface area contributed by atoms with Gasteiger partial charge in [0.2, 0.25) is 0 Å². The molecule has 0 heterocycles. The Labute approximate surface area is 152 Å². The van der Waals surface area contributed by atoms with Gasteiger partial charge in [0.15, 0.2) is 17.6 Å². The van der Waals surface area contributed by atoms with Gasteiger partial charge in [-0.1, -0.05) is 18.5 Å². The smallest absolute Gasteiger partial charge is 0.339 e. The Kier molecular flexibility index (Phi) is 6.93. The Morgan fingerprint density at radius 3 is 2.60 bits per heavy atom. The summed E-state index contributed by atoms with van der Waals surface area (Å²) in [6.45, 7) is 6.24. The molecule has 0 aromatic heterocycles. The van der Waals surface area contributed by atoms with Gasteiger partial charge in [0.05, 0.1) is 23.8 Å². The van der Waals surface area contributed by atoms with Gasteiger partial charge in [-0.3, -0.25) is 4.79 Å². The maximum Gasteiger partial charge on any atom is 0.339 e. The summed E-state index contributed by atoms with van der Waals surface area (Å²) in [7, 11) is 0. The Morgan fingerprint density at radius 1 is 1.28 bits per heavy atom. The minimum atomic E-state index is -0.876. The number of hydrogen-bond acceptors (Lipinski definition) is 5. The second-order valence-electron chi connectivity index (χ2n) is 5.90. The molecule has 1 N–H and O–H groups in total. The molecule has 0 spiro atoms. The number of rotatable bonds is 9. The van der Waals surface area contributed by atoms with Crippen molar-refractivity contribution in [3.63, 3.8) is 0 Å². The van der Waals surface area contributed by atoms with Crippen LogP contribution in [0.1, 0.15) is 50.4 Å². The molecular weight excluding hydrogens is 346 g/mol. The molecule has 138 valence electrons. The van der Waals surface area contributed by atoms with Crippen molar-refractivity contribution >= 4 is 23.5 Å². The lowest BCUT2D eigenvalue weighted by molar-refractivity contribution is -0.129. The zero-order valence-corrected chi connectivity index (χ0v) is 15.5. The highest BCUT2D eigenvalue weighted by Gasteiger charge is 2.28. The molecular formula is C18H24ClNO5. The SMILES string of the molecule is CCCOc1c(Cl)cc(C(=O)O[C@H](C)C(=O)NC2CC2)cc1OCC. The van der Waals surface area contributed by atoms with Gasteiger partial charge in [-0.25, -0.2) is 4.79 Å². The lowest BCUT2D eigenvalue weighted by Crippen LogP contribution is -2.37. The maximum absolute atomic E-state index is 12.3. The van der Waals surface area contributed by atoms with E-state index in [1.165, 1.54) is 12.1 Å². The molecule has 0 bridgehead atoms. The number of nitrogens with one attached hydrogen (secondary N) is 1. The van der Waals surface area contributed by atoms with Crippen LogP contribution < -0.4 is 14.8 Å². The van der Waals surface area contributed by atoms with Crippen LogP contribution in [-0.4, -0.2) is 37.2 Å². The van der Waals surface area contributed by atoms with Crippen molar-refractivity contribution in [2.24, 2.45) is 0 Å². The molecule has 1 aromatic rings. The van der Waals surface area contributed by atoms with Crippen LogP contribution in [0.3, 0.4) is 0 Å². The van der Waals surface area contributed by atoms with Crippen LogP contribution in [0.25, 0.3) is 0 Å². The van der Waals surface area contributed by atoms with Gasteiger partial charge in [0.1, 0.15) is 0 Å². The molecule has 1 atom stereocenters. The van der Waals surface area contributed by atoms with Gasteiger partial charge >= 0.3 is 5.97 Å². The van der Waals surface area contributed by atoms with Crippen molar-refractivity contribution in [3.8, 4) is 11.5 Å². The normalized spacial score (nSPS) is 14.6. The number of halogens is 1. The first-order valence-corrected chi connectivity index (χ1v) is 8.94. The molecule has 6 nitrogen and oxygen atoms in total. The summed E-state index contributed by atoms with van der Waals surface area (Å²) in [5.74, 6) is -0.148. The molecule has 0 saturated heterocycles. The average Bonchev–Trinajstić information content (AvgIpc) is 3.38. The third-order valence-corrected chi connectivity index (χ3v) is 3.85. The number of carbonyl (C=O) groups is 2. The zero-order chi connectivity index (χ0) is 18.4. The minimum Gasteiger partial charge on any atom is -0.490 e. The number of benzene rings is 1. The van der Waals surface area contributed by atoms with Crippen LogP contribution in [0.2, 0.25) is 5.02 Å². The second kappa shape index (κ2) is 8.94. The van der Waals surface area contributed by atoms with Crippen LogP contribution in [-0.2, 0) is 9.53 Å². The fraction of sp³-hybridized carbons (Fsp3) is 0.556. The number of ether oxygens (including phenoxy) is 3. The highest BCUT2D eigenvalue weighted by molar-refractivity contribution is 6.32. The fourth-order valence-electron chi connectivity index (χ4n) is 2.12. The summed E-state index contributed by atoms with van der Waals surface area (Å²) in [6, 6.07) is 3.19. The van der Waals surface area contributed by atoms with E-state index in [9.17, 15) is 9.59 Å². The molecule has 1 fully saturated rings. The van der Waals surface area contributed by atoms with E-state index >= 15 is 0 Å². The lowest BCUT2D eigenvalue weighted by atomic mass is 10.2. The van der Waals surface area contributed by atoms with Gasteiger partial charge in [-0.2, -0.15) is 0 Å². The van der Waals surface area contributed by atoms with Gasteiger partial charge in [-0.05, 0) is 45.2 Å². The summed E-state index contributed by atoms with van der Waals surface area (Å²) in [4.78, 5) is 24.2. The van der Waals surface area contributed by atoms with E-state index in [1.54, 1.807) is 6.92 Å². The first-order chi connectivity index (χ1) is 12.0. The molecule has 2 rings (SSSR count). The average molecular weight is 370 g/mol. The Bertz CT molecular complexity index is 630. The van der Waals surface area contributed by atoms with E-state index in [-0.39, 0.29) is 22.5 Å². The zero-order valence-electron chi connectivity index (χ0n) is 14.8. The van der Waals surface area contributed by atoms with Gasteiger partial charge < -0.3 is 19.5 Å². The van der Waals surface area contributed by atoms with Crippen LogP contribution in [0, 0.1) is 0 Å². The van der Waals surface area contributed by atoms with Crippen LogP contribution in [0.4, 0.5) is 0 Å². The maximum atomic E-state index is 12.3. The van der Waals surface area contributed by atoms with Crippen molar-refractivity contribution < 1.29 is 23.8 Å². The van der Waals surface area contributed by atoms with E-state index in [0.717, 1.165) is 19.3 Å². The molecule has 1 aliphatic rings. The molecule has 1 saturated carbocycles. The van der Waals surface area contributed by atoms with Crippen LogP contribution >= 0.6 is 11.6 Å². The van der Waals surface area contributed by atoms with Crippen molar-refractivity contribution in [3.05, 3.63) is 22.7 Å². The highest BCUT2D eigenvalue weighted by Crippen LogP contribution is 2.37. The molecule has 0 unspecified atom stereocenters. The van der Waals surface area contributed by atoms with Crippen molar-refractivity contribution in [2.45, 2.75) is 52.2 Å². The Hall–Kier alpha value is -1.95. The summed E-state index contributed by atoms with van der Waals surface area (Å²) in [5, 5.41) is 3.06. The second-order valence-corrected chi connectivity index (χ2v) is 6.30. The van der Waals surface area contributed by atoms with Crippen molar-refractivity contribution in [2.75, 3.05) is 13.2 Å². The third-order valence-electron chi connectivity index (χ3n) is 3.57. The molecule has 0 radical (unpaired) electrons. The molecule has 0 aliphatic heterocycles. The van der Waals surface area contributed by atoms with Gasteiger partial charge in [0, 0.05) is 6.04 Å². The summed E-state index contributed by atoms with van der Waals surface area (Å²) in [6.07, 6.45) is 1.88. The lowest BCUT2D eigenvalue weighted by Gasteiger charge is -2.16. The Balaban J connectivity index is 2.10. The van der Waals surface area contributed by atoms with E-state index in [2.05, 4.69) is 5.32 Å². The standard InChI is InChI=1S/C18H24ClNO5/c1-4-8-24-16-14(19)9-12(10-15(16)23-5-2)18(22)25-11(3)17(21)20-13-6-7-13/h9-11,13H,4-8H2,1-3H3,(H,20,21)/t11-/m1/s1. The largest absolute Gasteiger partial charge is 0.490 e. The molecule has 25 heavy (non-hydrogen) atoms. The minimum absolute atomic E-state index is 0.211. The van der Waals surface area contributed by atoms with Gasteiger partial charge in [-0.15, -0.1) is 0 Å². The first-order valence-electron chi connectivity index (χ1n) is 8.56. The monoisotopic (exact) mass is 369 g/mol. The highest BCUT2D eigenvalue weighted by atomic mass is 35.5. The first kappa shape index (κ1) is 19.4. The number of amides is 1. The Morgan fingerprint density at radius 2 is 2.00 bits per heavy atom. The molecule has 1 aromatic carbocycles. The predicted octanol–water partition coefficient (Wildman–Crippen LogP) is 3.35.